The summed E-state index contributed by atoms with van der Waals surface area (Å²) in [5.74, 6) is 0. The highest BCUT2D eigenvalue weighted by molar-refractivity contribution is 5.62. The van der Waals surface area contributed by atoms with Crippen molar-refractivity contribution in [1.82, 2.24) is 0 Å². The van der Waals surface area contributed by atoms with Crippen molar-refractivity contribution in [1.29, 1.82) is 0 Å². The summed E-state index contributed by atoms with van der Waals surface area (Å²) in [4.78, 5) is 10.6. The van der Waals surface area contributed by atoms with Gasteiger partial charge in [-0.1, -0.05) is 29.8 Å². The second-order valence-electron chi connectivity index (χ2n) is 3.08. The van der Waals surface area contributed by atoms with Gasteiger partial charge in [0.25, 0.3) is 0 Å². The van der Waals surface area contributed by atoms with Crippen LogP contribution in [0.2, 0.25) is 0 Å². The Labute approximate surface area is 76.3 Å². The fourth-order valence-corrected chi connectivity index (χ4v) is 1.27. The van der Waals surface area contributed by atoms with Crippen molar-refractivity contribution in [2.24, 2.45) is 0 Å². The fourth-order valence-electron chi connectivity index (χ4n) is 1.27. The van der Waals surface area contributed by atoms with E-state index in [-0.39, 0.29) is 6.10 Å². The lowest BCUT2D eigenvalue weighted by atomic mass is 10.1. The van der Waals surface area contributed by atoms with Gasteiger partial charge < -0.3 is 9.47 Å². The molecule has 0 amide bonds. The normalized spacial score (nSPS) is 21.0. The first kappa shape index (κ1) is 8.10. The highest BCUT2D eigenvalue weighted by Gasteiger charge is 2.25. The smallest absolute Gasteiger partial charge is 0.430 e. The molecule has 2 rings (SSSR count). The molecule has 0 bridgehead atoms. The van der Waals surface area contributed by atoms with Crippen molar-refractivity contribution < 1.29 is 14.3 Å². The number of hydrogen-bond donors (Lipinski definition) is 0. The Hall–Kier alpha value is -1.51. The Bertz CT molecular complexity index is 315. The van der Waals surface area contributed by atoms with Crippen LogP contribution in [0.25, 0.3) is 0 Å². The quantitative estimate of drug-likeness (QED) is 0.618. The molecule has 13 heavy (non-hydrogen) atoms. The molecule has 1 heterocycles. The molecule has 68 valence electrons. The van der Waals surface area contributed by atoms with Gasteiger partial charge in [-0.3, -0.25) is 0 Å². The van der Waals surface area contributed by atoms with E-state index in [0.29, 0.717) is 6.61 Å². The van der Waals surface area contributed by atoms with Crippen molar-refractivity contribution in [3.63, 3.8) is 0 Å². The number of aryl methyl sites for hydroxylation is 1. The first-order valence-electron chi connectivity index (χ1n) is 4.16. The monoisotopic (exact) mass is 178 g/mol. The van der Waals surface area contributed by atoms with Crippen molar-refractivity contribution >= 4 is 6.16 Å². The zero-order valence-electron chi connectivity index (χ0n) is 7.32. The molecule has 3 nitrogen and oxygen atoms in total. The number of cyclic esters (lactones) is 2. The molecular weight excluding hydrogens is 168 g/mol. The van der Waals surface area contributed by atoms with Crippen LogP contribution in [0.5, 0.6) is 0 Å². The van der Waals surface area contributed by atoms with Crippen molar-refractivity contribution in [3.8, 4) is 0 Å². The van der Waals surface area contributed by atoms with Crippen LogP contribution >= 0.6 is 0 Å². The Morgan fingerprint density at radius 3 is 2.54 bits per heavy atom. The van der Waals surface area contributed by atoms with E-state index in [1.165, 1.54) is 5.56 Å². The number of hydrogen-bond acceptors (Lipinski definition) is 3. The molecule has 1 saturated heterocycles. The molecule has 0 saturated carbocycles. The van der Waals surface area contributed by atoms with Crippen LogP contribution in [0.3, 0.4) is 0 Å². The molecule has 1 atom stereocenters. The van der Waals surface area contributed by atoms with E-state index < -0.39 is 6.16 Å². The summed E-state index contributed by atoms with van der Waals surface area (Å²) >= 11 is 0. The minimum Gasteiger partial charge on any atom is -0.430 e. The predicted octanol–water partition coefficient (Wildman–Crippen LogP) is 2.20. The van der Waals surface area contributed by atoms with E-state index in [1.54, 1.807) is 0 Å². The van der Waals surface area contributed by atoms with E-state index >= 15 is 0 Å². The number of carbonyl (C=O) groups excluding carboxylic acids is 1. The lowest BCUT2D eigenvalue weighted by Crippen LogP contribution is -1.99. The highest BCUT2D eigenvalue weighted by Crippen LogP contribution is 2.23. The van der Waals surface area contributed by atoms with Crippen LogP contribution in [-0.4, -0.2) is 12.8 Å². The van der Waals surface area contributed by atoms with Crippen LogP contribution in [0.15, 0.2) is 24.3 Å². The molecule has 1 aromatic rings. The fraction of sp³-hybridized carbons (Fsp3) is 0.300. The van der Waals surface area contributed by atoms with Gasteiger partial charge in [0.1, 0.15) is 6.61 Å². The summed E-state index contributed by atoms with van der Waals surface area (Å²) < 4.78 is 9.62. The van der Waals surface area contributed by atoms with Crippen LogP contribution in [-0.2, 0) is 9.47 Å². The molecule has 0 spiro atoms. The average Bonchev–Trinajstić information content (AvgIpc) is 2.53. The molecule has 3 heteroatoms. The molecule has 0 N–H and O–H groups in total. The number of carbonyl (C=O) groups is 1. The zero-order valence-corrected chi connectivity index (χ0v) is 7.32. The first-order valence-corrected chi connectivity index (χ1v) is 4.16. The number of rotatable bonds is 1. The molecular formula is C10H10O3. The van der Waals surface area contributed by atoms with E-state index in [1.807, 2.05) is 31.2 Å². The van der Waals surface area contributed by atoms with Crippen LogP contribution in [0, 0.1) is 6.92 Å². The Balaban J connectivity index is 2.17. The predicted molar refractivity (Wildman–Crippen MR) is 46.4 cm³/mol. The molecule has 0 radical (unpaired) electrons. The van der Waals surface area contributed by atoms with E-state index in [2.05, 4.69) is 4.74 Å². The van der Waals surface area contributed by atoms with Crippen LogP contribution in [0.1, 0.15) is 17.2 Å². The Morgan fingerprint density at radius 1 is 1.31 bits per heavy atom. The second-order valence-corrected chi connectivity index (χ2v) is 3.08. The summed E-state index contributed by atoms with van der Waals surface area (Å²) in [7, 11) is 0. The van der Waals surface area contributed by atoms with Gasteiger partial charge in [0, 0.05) is 0 Å². The molecule has 1 unspecified atom stereocenters. The molecule has 1 aliphatic rings. The number of benzene rings is 1. The third-order valence-corrected chi connectivity index (χ3v) is 2.04. The second kappa shape index (κ2) is 3.09. The molecule has 1 fully saturated rings. The minimum atomic E-state index is -0.578. The Morgan fingerprint density at radius 2 is 2.00 bits per heavy atom. The van der Waals surface area contributed by atoms with Crippen LogP contribution in [0.4, 0.5) is 4.79 Å². The van der Waals surface area contributed by atoms with Gasteiger partial charge in [0.2, 0.25) is 0 Å². The highest BCUT2D eigenvalue weighted by atomic mass is 16.8. The van der Waals surface area contributed by atoms with E-state index in [4.69, 9.17) is 4.74 Å². The summed E-state index contributed by atoms with van der Waals surface area (Å²) in [5, 5.41) is 0. The van der Waals surface area contributed by atoms with Crippen LogP contribution < -0.4 is 0 Å². The number of ether oxygens (including phenoxy) is 2. The summed E-state index contributed by atoms with van der Waals surface area (Å²) in [6.45, 7) is 2.34. The van der Waals surface area contributed by atoms with Crippen molar-refractivity contribution in [2.75, 3.05) is 6.61 Å². The van der Waals surface area contributed by atoms with Gasteiger partial charge in [-0.05, 0) is 12.5 Å². The van der Waals surface area contributed by atoms with Gasteiger partial charge >= 0.3 is 6.16 Å². The molecule has 1 aliphatic heterocycles. The zero-order chi connectivity index (χ0) is 9.26. The average molecular weight is 178 g/mol. The molecule has 0 aromatic heterocycles. The summed E-state index contributed by atoms with van der Waals surface area (Å²) in [5.41, 5.74) is 2.17. The van der Waals surface area contributed by atoms with Gasteiger partial charge in [0.05, 0.1) is 0 Å². The van der Waals surface area contributed by atoms with E-state index in [9.17, 15) is 4.79 Å². The van der Waals surface area contributed by atoms with Gasteiger partial charge in [0.15, 0.2) is 6.10 Å². The lowest BCUT2D eigenvalue weighted by molar-refractivity contribution is 0.118. The SMILES string of the molecule is Cc1ccc(C2COC(=O)O2)cc1. The van der Waals surface area contributed by atoms with Crippen molar-refractivity contribution in [3.05, 3.63) is 35.4 Å². The third-order valence-electron chi connectivity index (χ3n) is 2.04. The minimum absolute atomic E-state index is 0.229. The molecule has 0 aliphatic carbocycles. The largest absolute Gasteiger partial charge is 0.509 e. The lowest BCUT2D eigenvalue weighted by Gasteiger charge is -2.05. The van der Waals surface area contributed by atoms with E-state index in [0.717, 1.165) is 5.56 Å². The third kappa shape index (κ3) is 1.64. The maximum absolute atomic E-state index is 10.6. The van der Waals surface area contributed by atoms with Gasteiger partial charge in [-0.2, -0.15) is 0 Å². The van der Waals surface area contributed by atoms with Gasteiger partial charge in [-0.15, -0.1) is 0 Å². The Kier molecular flexibility index (Phi) is 1.93. The summed E-state index contributed by atoms with van der Waals surface area (Å²) in [6, 6.07) is 7.87. The van der Waals surface area contributed by atoms with Crippen molar-refractivity contribution in [2.45, 2.75) is 13.0 Å². The molecule has 1 aromatic carbocycles. The standard InChI is InChI=1S/C10H10O3/c1-7-2-4-8(5-3-7)9-6-12-10(11)13-9/h2-5,9H,6H2,1H3. The summed E-state index contributed by atoms with van der Waals surface area (Å²) in [6.07, 6.45) is -0.807. The topological polar surface area (TPSA) is 35.5 Å². The van der Waals surface area contributed by atoms with Gasteiger partial charge in [-0.25, -0.2) is 4.79 Å². The first-order chi connectivity index (χ1) is 6.25. The maximum atomic E-state index is 10.6. The maximum Gasteiger partial charge on any atom is 0.509 e.